The molecule has 1 amide bonds. The molecule has 0 saturated heterocycles. The molecule has 0 aliphatic carbocycles. The first kappa shape index (κ1) is 11.7. The van der Waals surface area contributed by atoms with E-state index in [1.807, 2.05) is 6.92 Å². The largest absolute Gasteiger partial charge is 0.380 e. The van der Waals surface area contributed by atoms with Crippen molar-refractivity contribution < 1.29 is 9.53 Å². The normalized spacial score (nSPS) is 12.6. The fourth-order valence-electron chi connectivity index (χ4n) is 0.635. The van der Waals surface area contributed by atoms with Gasteiger partial charge in [-0.05, 0) is 6.92 Å². The average molecular weight is 194 g/mol. The Bertz CT molecular complexity index is 130. The van der Waals surface area contributed by atoms with Gasteiger partial charge in [-0.2, -0.15) is 0 Å². The molecule has 3 nitrogen and oxygen atoms in total. The van der Waals surface area contributed by atoms with Crippen molar-refractivity contribution in [3.63, 3.8) is 0 Å². The maximum absolute atomic E-state index is 11.1. The number of alkyl halides is 1. The van der Waals surface area contributed by atoms with Crippen molar-refractivity contribution in [1.29, 1.82) is 0 Å². The minimum absolute atomic E-state index is 0.00953. The Labute approximate surface area is 78.4 Å². The highest BCUT2D eigenvalue weighted by Gasteiger charge is 2.09. The van der Waals surface area contributed by atoms with E-state index in [9.17, 15) is 4.79 Å². The van der Waals surface area contributed by atoms with E-state index in [0.29, 0.717) is 25.6 Å². The molecule has 0 radical (unpaired) electrons. The highest BCUT2D eigenvalue weighted by molar-refractivity contribution is 6.19. The molecule has 0 spiro atoms. The van der Waals surface area contributed by atoms with Crippen LogP contribution >= 0.6 is 11.6 Å². The molecular weight excluding hydrogens is 178 g/mol. The van der Waals surface area contributed by atoms with Crippen molar-refractivity contribution in [3.05, 3.63) is 0 Å². The number of ether oxygens (including phenoxy) is 1. The Morgan fingerprint density at radius 3 is 2.83 bits per heavy atom. The molecule has 1 N–H and O–H groups in total. The maximum atomic E-state index is 11.1. The van der Waals surface area contributed by atoms with Gasteiger partial charge in [0.05, 0.1) is 6.61 Å². The Kier molecular flexibility index (Phi) is 7.20. The Hall–Kier alpha value is -0.280. The number of rotatable bonds is 6. The summed E-state index contributed by atoms with van der Waals surface area (Å²) in [4.78, 5) is 11.1. The van der Waals surface area contributed by atoms with E-state index in [-0.39, 0.29) is 11.8 Å². The molecule has 0 aliphatic heterocycles. The monoisotopic (exact) mass is 193 g/mol. The molecule has 1 atom stereocenters. The minimum atomic E-state index is -0.117. The van der Waals surface area contributed by atoms with E-state index < -0.39 is 0 Å². The van der Waals surface area contributed by atoms with Crippen molar-refractivity contribution in [2.24, 2.45) is 5.92 Å². The summed E-state index contributed by atoms with van der Waals surface area (Å²) in [5.74, 6) is 0.235. The molecule has 1 unspecified atom stereocenters. The van der Waals surface area contributed by atoms with E-state index in [1.54, 1.807) is 6.92 Å². The highest BCUT2D eigenvalue weighted by atomic mass is 35.5. The quantitative estimate of drug-likeness (QED) is 0.505. The molecular formula is C8H16ClNO2. The van der Waals surface area contributed by atoms with E-state index in [0.717, 1.165) is 0 Å². The molecule has 4 heteroatoms. The summed E-state index contributed by atoms with van der Waals surface area (Å²) >= 11 is 5.49. The first-order valence-electron chi connectivity index (χ1n) is 4.13. The van der Waals surface area contributed by atoms with E-state index in [1.165, 1.54) is 0 Å². The topological polar surface area (TPSA) is 38.3 Å². The van der Waals surface area contributed by atoms with Crippen LogP contribution in [0, 0.1) is 5.92 Å². The van der Waals surface area contributed by atoms with Gasteiger partial charge in [-0.3, -0.25) is 4.79 Å². The van der Waals surface area contributed by atoms with Crippen LogP contribution in [0.5, 0.6) is 0 Å². The number of hydrogen-bond donors (Lipinski definition) is 1. The standard InChI is InChI=1S/C8H16ClNO2/c1-3-12-5-4-10-8(11)7(2)6-9/h7H,3-6H2,1-2H3,(H,10,11). The zero-order valence-electron chi connectivity index (χ0n) is 7.60. The third-order valence-corrected chi connectivity index (χ3v) is 1.89. The van der Waals surface area contributed by atoms with Crippen molar-refractivity contribution in [2.45, 2.75) is 13.8 Å². The molecule has 12 heavy (non-hydrogen) atoms. The van der Waals surface area contributed by atoms with E-state index >= 15 is 0 Å². The molecule has 0 bridgehead atoms. The van der Waals surface area contributed by atoms with Crippen molar-refractivity contribution in [2.75, 3.05) is 25.6 Å². The third kappa shape index (κ3) is 5.38. The van der Waals surface area contributed by atoms with Gasteiger partial charge in [-0.15, -0.1) is 11.6 Å². The van der Waals surface area contributed by atoms with Crippen LogP contribution < -0.4 is 5.32 Å². The van der Waals surface area contributed by atoms with Crippen molar-refractivity contribution in [3.8, 4) is 0 Å². The Morgan fingerprint density at radius 2 is 2.33 bits per heavy atom. The van der Waals surface area contributed by atoms with Crippen LogP contribution in [-0.4, -0.2) is 31.5 Å². The average Bonchev–Trinajstić information content (AvgIpc) is 2.10. The predicted molar refractivity (Wildman–Crippen MR) is 49.4 cm³/mol. The van der Waals surface area contributed by atoms with Crippen LogP contribution in [0.25, 0.3) is 0 Å². The number of halogens is 1. The van der Waals surface area contributed by atoms with Gasteiger partial charge < -0.3 is 10.1 Å². The summed E-state index contributed by atoms with van der Waals surface area (Å²) in [6, 6.07) is 0. The predicted octanol–water partition coefficient (Wildman–Crippen LogP) is 1.01. The molecule has 72 valence electrons. The van der Waals surface area contributed by atoms with Crippen LogP contribution in [0.1, 0.15) is 13.8 Å². The lowest BCUT2D eigenvalue weighted by Crippen LogP contribution is -2.32. The third-order valence-electron chi connectivity index (χ3n) is 1.43. The van der Waals surface area contributed by atoms with E-state index in [2.05, 4.69) is 5.32 Å². The SMILES string of the molecule is CCOCCNC(=O)C(C)CCl. The smallest absolute Gasteiger partial charge is 0.224 e. The van der Waals surface area contributed by atoms with Crippen LogP contribution in [0.2, 0.25) is 0 Å². The van der Waals surface area contributed by atoms with Crippen LogP contribution in [-0.2, 0) is 9.53 Å². The first-order valence-corrected chi connectivity index (χ1v) is 4.67. The molecule has 0 fully saturated rings. The second-order valence-corrected chi connectivity index (χ2v) is 2.85. The van der Waals surface area contributed by atoms with Crippen LogP contribution in [0.15, 0.2) is 0 Å². The van der Waals surface area contributed by atoms with Gasteiger partial charge in [-0.1, -0.05) is 6.92 Å². The molecule has 0 aliphatic rings. The van der Waals surface area contributed by atoms with Gasteiger partial charge in [0.25, 0.3) is 0 Å². The van der Waals surface area contributed by atoms with Gasteiger partial charge in [0.15, 0.2) is 0 Å². The Balaban J connectivity index is 3.31. The second-order valence-electron chi connectivity index (χ2n) is 2.54. The molecule has 0 rings (SSSR count). The Morgan fingerprint density at radius 1 is 1.67 bits per heavy atom. The summed E-state index contributed by atoms with van der Waals surface area (Å²) in [6.45, 7) is 5.53. The number of nitrogens with one attached hydrogen (secondary N) is 1. The molecule has 0 saturated carbocycles. The molecule has 0 aromatic carbocycles. The van der Waals surface area contributed by atoms with Crippen LogP contribution in [0.3, 0.4) is 0 Å². The van der Waals surface area contributed by atoms with Gasteiger partial charge in [0.1, 0.15) is 0 Å². The lowest BCUT2D eigenvalue weighted by atomic mass is 10.2. The van der Waals surface area contributed by atoms with Crippen LogP contribution in [0.4, 0.5) is 0 Å². The van der Waals surface area contributed by atoms with E-state index in [4.69, 9.17) is 16.3 Å². The van der Waals surface area contributed by atoms with Crippen molar-refractivity contribution >= 4 is 17.5 Å². The van der Waals surface area contributed by atoms with Gasteiger partial charge >= 0.3 is 0 Å². The fraction of sp³-hybridized carbons (Fsp3) is 0.875. The summed E-state index contributed by atoms with van der Waals surface area (Å²) in [6.07, 6.45) is 0. The number of hydrogen-bond acceptors (Lipinski definition) is 2. The highest BCUT2D eigenvalue weighted by Crippen LogP contribution is 1.96. The van der Waals surface area contributed by atoms with Gasteiger partial charge in [0, 0.05) is 24.9 Å². The number of carbonyl (C=O) groups is 1. The lowest BCUT2D eigenvalue weighted by Gasteiger charge is -2.08. The molecule has 0 aromatic heterocycles. The second kappa shape index (κ2) is 7.37. The zero-order chi connectivity index (χ0) is 9.40. The van der Waals surface area contributed by atoms with Crippen molar-refractivity contribution in [1.82, 2.24) is 5.32 Å². The molecule has 0 aromatic rings. The number of amides is 1. The maximum Gasteiger partial charge on any atom is 0.224 e. The fourth-order valence-corrected chi connectivity index (χ4v) is 0.775. The lowest BCUT2D eigenvalue weighted by molar-refractivity contribution is -0.124. The summed E-state index contributed by atoms with van der Waals surface area (Å²) in [5.41, 5.74) is 0. The zero-order valence-corrected chi connectivity index (χ0v) is 8.36. The summed E-state index contributed by atoms with van der Waals surface area (Å²) < 4.78 is 5.05. The molecule has 0 heterocycles. The van der Waals surface area contributed by atoms with Gasteiger partial charge in [0.2, 0.25) is 5.91 Å². The summed E-state index contributed by atoms with van der Waals surface area (Å²) in [7, 11) is 0. The summed E-state index contributed by atoms with van der Waals surface area (Å²) in [5, 5.41) is 2.72. The first-order chi connectivity index (χ1) is 5.72. The number of carbonyl (C=O) groups excluding carboxylic acids is 1. The minimum Gasteiger partial charge on any atom is -0.380 e. The van der Waals surface area contributed by atoms with Gasteiger partial charge in [-0.25, -0.2) is 0 Å².